The van der Waals surface area contributed by atoms with E-state index in [1.807, 2.05) is 84.9 Å². The molecule has 0 saturated heterocycles. The Morgan fingerprint density at radius 3 is 1.50 bits per heavy atom. The standard InChI is InChI=1S/C44H28N4/c45-29-30-18-20-31(21-19-30)32-22-24-34(25-23-32)40-27-26-33-10-7-8-17-39(33)41(40)37-15-9-16-38(28-37)44-47-42(35-11-3-1-4-12-35)46-43(48-44)36-13-5-2-6-14-36/h1-28H. The van der Waals surface area contributed by atoms with Gasteiger partial charge in [0.1, 0.15) is 0 Å². The summed E-state index contributed by atoms with van der Waals surface area (Å²) in [5, 5.41) is 11.5. The average molecular weight is 613 g/mol. The van der Waals surface area contributed by atoms with E-state index in [4.69, 9.17) is 15.0 Å². The van der Waals surface area contributed by atoms with Gasteiger partial charge in [-0.3, -0.25) is 0 Å². The van der Waals surface area contributed by atoms with Gasteiger partial charge in [-0.15, -0.1) is 0 Å². The van der Waals surface area contributed by atoms with Gasteiger partial charge in [-0.25, -0.2) is 15.0 Å². The highest BCUT2D eigenvalue weighted by Gasteiger charge is 2.16. The number of aromatic nitrogens is 3. The minimum Gasteiger partial charge on any atom is -0.208 e. The highest BCUT2D eigenvalue weighted by atomic mass is 15.0. The maximum absolute atomic E-state index is 9.20. The van der Waals surface area contributed by atoms with Crippen molar-refractivity contribution in [2.75, 3.05) is 0 Å². The summed E-state index contributed by atoms with van der Waals surface area (Å²) >= 11 is 0. The third kappa shape index (κ3) is 5.62. The molecule has 0 saturated carbocycles. The van der Waals surface area contributed by atoms with E-state index in [2.05, 4.69) is 91.0 Å². The number of benzene rings is 7. The van der Waals surface area contributed by atoms with E-state index in [0.29, 0.717) is 23.0 Å². The van der Waals surface area contributed by atoms with Crippen LogP contribution in [-0.4, -0.2) is 15.0 Å². The molecule has 1 aromatic heterocycles. The topological polar surface area (TPSA) is 62.5 Å². The molecule has 0 spiro atoms. The summed E-state index contributed by atoms with van der Waals surface area (Å²) in [5.41, 5.74) is 10.1. The van der Waals surface area contributed by atoms with Crippen LogP contribution in [0, 0.1) is 11.3 Å². The lowest BCUT2D eigenvalue weighted by molar-refractivity contribution is 1.07. The predicted octanol–water partition coefficient (Wildman–Crippen LogP) is 10.9. The van der Waals surface area contributed by atoms with Crippen LogP contribution in [0.1, 0.15) is 5.56 Å². The summed E-state index contributed by atoms with van der Waals surface area (Å²) in [5.74, 6) is 1.90. The maximum atomic E-state index is 9.20. The fourth-order valence-corrected chi connectivity index (χ4v) is 6.15. The van der Waals surface area contributed by atoms with Crippen molar-refractivity contribution in [3.8, 4) is 73.6 Å². The molecule has 0 aliphatic rings. The van der Waals surface area contributed by atoms with Gasteiger partial charge in [0.2, 0.25) is 0 Å². The van der Waals surface area contributed by atoms with Crippen LogP contribution in [0.3, 0.4) is 0 Å². The molecular weight excluding hydrogens is 585 g/mol. The Kier molecular flexibility index (Phi) is 7.54. The zero-order valence-electron chi connectivity index (χ0n) is 26.0. The number of hydrogen-bond donors (Lipinski definition) is 0. The maximum Gasteiger partial charge on any atom is 0.164 e. The minimum atomic E-state index is 0.623. The van der Waals surface area contributed by atoms with Crippen LogP contribution in [0.2, 0.25) is 0 Å². The lowest BCUT2D eigenvalue weighted by Gasteiger charge is -2.16. The molecule has 7 aromatic carbocycles. The van der Waals surface area contributed by atoms with E-state index < -0.39 is 0 Å². The summed E-state index contributed by atoms with van der Waals surface area (Å²) in [6.07, 6.45) is 0. The third-order valence-corrected chi connectivity index (χ3v) is 8.58. The largest absolute Gasteiger partial charge is 0.208 e. The van der Waals surface area contributed by atoms with Gasteiger partial charge < -0.3 is 0 Å². The van der Waals surface area contributed by atoms with E-state index in [1.54, 1.807) is 0 Å². The van der Waals surface area contributed by atoms with E-state index in [1.165, 1.54) is 10.8 Å². The van der Waals surface area contributed by atoms with Crippen molar-refractivity contribution in [3.63, 3.8) is 0 Å². The van der Waals surface area contributed by atoms with Gasteiger partial charge in [0.25, 0.3) is 0 Å². The molecule has 0 atom stereocenters. The summed E-state index contributed by atoms with van der Waals surface area (Å²) in [6.45, 7) is 0. The molecule has 0 fully saturated rings. The summed E-state index contributed by atoms with van der Waals surface area (Å²) in [4.78, 5) is 14.8. The Labute approximate surface area is 279 Å². The smallest absolute Gasteiger partial charge is 0.164 e. The first kappa shape index (κ1) is 28.8. The lowest BCUT2D eigenvalue weighted by Crippen LogP contribution is -2.00. The number of fused-ring (bicyclic) bond motifs is 1. The van der Waals surface area contributed by atoms with Crippen molar-refractivity contribution < 1.29 is 0 Å². The molecule has 0 aliphatic carbocycles. The van der Waals surface area contributed by atoms with Crippen LogP contribution in [0.15, 0.2) is 170 Å². The SMILES string of the molecule is N#Cc1ccc(-c2ccc(-c3ccc4ccccc4c3-c3cccc(-c4nc(-c5ccccc5)nc(-c5ccccc5)n4)c3)cc2)cc1. The molecule has 8 aromatic rings. The Balaban J connectivity index is 1.26. The Hall–Kier alpha value is -6.70. The third-order valence-electron chi connectivity index (χ3n) is 8.58. The average Bonchev–Trinajstić information content (AvgIpc) is 3.18. The predicted molar refractivity (Wildman–Crippen MR) is 195 cm³/mol. The summed E-state index contributed by atoms with van der Waals surface area (Å²) in [7, 11) is 0. The molecule has 1 heterocycles. The first-order valence-corrected chi connectivity index (χ1v) is 15.8. The van der Waals surface area contributed by atoms with Gasteiger partial charge in [-0.05, 0) is 62.4 Å². The molecule has 0 radical (unpaired) electrons. The Morgan fingerprint density at radius 1 is 0.375 bits per heavy atom. The van der Waals surface area contributed by atoms with Crippen LogP contribution >= 0.6 is 0 Å². The number of nitriles is 1. The molecule has 4 nitrogen and oxygen atoms in total. The second kappa shape index (κ2) is 12.6. The first-order chi connectivity index (χ1) is 23.7. The summed E-state index contributed by atoms with van der Waals surface area (Å²) < 4.78 is 0. The molecule has 0 unspecified atom stereocenters. The van der Waals surface area contributed by atoms with Crippen molar-refractivity contribution in [1.29, 1.82) is 5.26 Å². The monoisotopic (exact) mass is 612 g/mol. The Morgan fingerprint density at radius 2 is 0.875 bits per heavy atom. The molecule has 0 amide bonds. The molecule has 0 bridgehead atoms. The molecule has 48 heavy (non-hydrogen) atoms. The van der Waals surface area contributed by atoms with E-state index >= 15 is 0 Å². The fraction of sp³-hybridized carbons (Fsp3) is 0. The number of rotatable bonds is 6. The quantitative estimate of drug-likeness (QED) is 0.187. The van der Waals surface area contributed by atoms with Crippen LogP contribution < -0.4 is 0 Å². The van der Waals surface area contributed by atoms with Gasteiger partial charge >= 0.3 is 0 Å². The van der Waals surface area contributed by atoms with Crippen molar-refractivity contribution in [2.24, 2.45) is 0 Å². The van der Waals surface area contributed by atoms with E-state index in [0.717, 1.165) is 50.1 Å². The van der Waals surface area contributed by atoms with Gasteiger partial charge in [0.05, 0.1) is 11.6 Å². The minimum absolute atomic E-state index is 0.623. The van der Waals surface area contributed by atoms with Crippen LogP contribution in [0.25, 0.3) is 78.3 Å². The van der Waals surface area contributed by atoms with Crippen molar-refractivity contribution in [2.45, 2.75) is 0 Å². The first-order valence-electron chi connectivity index (χ1n) is 15.8. The fourth-order valence-electron chi connectivity index (χ4n) is 6.15. The van der Waals surface area contributed by atoms with Crippen LogP contribution in [0.4, 0.5) is 0 Å². The van der Waals surface area contributed by atoms with Crippen molar-refractivity contribution in [3.05, 3.63) is 175 Å². The lowest BCUT2D eigenvalue weighted by atomic mass is 9.88. The van der Waals surface area contributed by atoms with Gasteiger partial charge in [0.15, 0.2) is 17.5 Å². The highest BCUT2D eigenvalue weighted by molar-refractivity contribution is 6.04. The van der Waals surface area contributed by atoms with Gasteiger partial charge in [0, 0.05) is 16.7 Å². The second-order valence-corrected chi connectivity index (χ2v) is 11.6. The highest BCUT2D eigenvalue weighted by Crippen LogP contribution is 2.40. The molecule has 224 valence electrons. The van der Waals surface area contributed by atoms with E-state index in [9.17, 15) is 5.26 Å². The number of hydrogen-bond acceptors (Lipinski definition) is 4. The Bertz CT molecular complexity index is 2370. The van der Waals surface area contributed by atoms with E-state index in [-0.39, 0.29) is 0 Å². The van der Waals surface area contributed by atoms with Gasteiger partial charge in [-0.1, -0.05) is 152 Å². The summed E-state index contributed by atoms with van der Waals surface area (Å²) in [6, 6.07) is 60.1. The second-order valence-electron chi connectivity index (χ2n) is 11.6. The van der Waals surface area contributed by atoms with Gasteiger partial charge in [-0.2, -0.15) is 5.26 Å². The molecule has 0 N–H and O–H groups in total. The molecule has 4 heteroatoms. The normalized spacial score (nSPS) is 10.9. The van der Waals surface area contributed by atoms with Crippen LogP contribution in [0.5, 0.6) is 0 Å². The van der Waals surface area contributed by atoms with Crippen molar-refractivity contribution >= 4 is 10.8 Å². The number of nitrogens with zero attached hydrogens (tertiary/aromatic N) is 4. The molecular formula is C44H28N4. The zero-order chi connectivity index (χ0) is 32.3. The van der Waals surface area contributed by atoms with Crippen LogP contribution in [-0.2, 0) is 0 Å². The molecule has 8 rings (SSSR count). The zero-order valence-corrected chi connectivity index (χ0v) is 26.0. The van der Waals surface area contributed by atoms with Crippen molar-refractivity contribution in [1.82, 2.24) is 15.0 Å². The molecule has 0 aliphatic heterocycles.